The van der Waals surface area contributed by atoms with Crippen molar-refractivity contribution in [1.82, 2.24) is 9.97 Å². The summed E-state index contributed by atoms with van der Waals surface area (Å²) in [5.74, 6) is 0.205. The Kier molecular flexibility index (Phi) is 4.13. The fourth-order valence-electron chi connectivity index (χ4n) is 1.29. The predicted octanol–water partition coefficient (Wildman–Crippen LogP) is 3.58. The molecule has 0 spiro atoms. The van der Waals surface area contributed by atoms with Gasteiger partial charge in [0.15, 0.2) is 0 Å². The Balaban J connectivity index is 2.74. The van der Waals surface area contributed by atoms with Crippen molar-refractivity contribution in [2.24, 2.45) is 0 Å². The average molecular weight is 253 g/mol. The summed E-state index contributed by atoms with van der Waals surface area (Å²) in [7, 11) is 0. The van der Waals surface area contributed by atoms with Gasteiger partial charge in [-0.15, -0.1) is 11.6 Å². The highest BCUT2D eigenvalue weighted by Crippen LogP contribution is 2.23. The summed E-state index contributed by atoms with van der Waals surface area (Å²) in [6, 6.07) is 0. The van der Waals surface area contributed by atoms with Gasteiger partial charge in [0.2, 0.25) is 0 Å². The van der Waals surface area contributed by atoms with E-state index in [9.17, 15) is 13.2 Å². The number of halogens is 4. The fraction of sp³-hybridized carbons (Fsp3) is 0.600. The Labute approximate surface area is 96.9 Å². The lowest BCUT2D eigenvalue weighted by atomic mass is 10.2. The predicted molar refractivity (Wildman–Crippen MR) is 55.4 cm³/mol. The molecule has 0 saturated carbocycles. The maximum absolute atomic E-state index is 12.0. The first-order valence-electron chi connectivity index (χ1n) is 4.83. The van der Waals surface area contributed by atoms with E-state index in [1.54, 1.807) is 13.8 Å². The number of aryl methyl sites for hydroxylation is 2. The Hall–Kier alpha value is -0.840. The van der Waals surface area contributed by atoms with Gasteiger partial charge in [-0.2, -0.15) is 13.2 Å². The number of alkyl halides is 4. The number of nitrogens with zero attached hydrogens (tertiary/aromatic N) is 2. The topological polar surface area (TPSA) is 25.8 Å². The molecule has 0 bridgehead atoms. The summed E-state index contributed by atoms with van der Waals surface area (Å²) in [6.07, 6.45) is -3.77. The minimum Gasteiger partial charge on any atom is -0.241 e. The van der Waals surface area contributed by atoms with Crippen LogP contribution in [0.25, 0.3) is 0 Å². The quantitative estimate of drug-likeness (QED) is 0.769. The van der Waals surface area contributed by atoms with Gasteiger partial charge in [-0.25, -0.2) is 9.97 Å². The molecule has 1 unspecified atom stereocenters. The van der Waals surface area contributed by atoms with Crippen molar-refractivity contribution in [3.8, 4) is 0 Å². The zero-order valence-electron chi connectivity index (χ0n) is 8.98. The summed E-state index contributed by atoms with van der Waals surface area (Å²) in [6.45, 7) is 3.48. The summed E-state index contributed by atoms with van der Waals surface area (Å²) < 4.78 is 35.9. The molecule has 1 heterocycles. The Bertz CT molecular complexity index is 364. The molecule has 0 saturated heterocycles. The van der Waals surface area contributed by atoms with Gasteiger partial charge in [0.05, 0.1) is 11.8 Å². The van der Waals surface area contributed by atoms with E-state index in [2.05, 4.69) is 9.97 Å². The van der Waals surface area contributed by atoms with Crippen LogP contribution in [0.15, 0.2) is 6.20 Å². The molecule has 90 valence electrons. The molecule has 1 rings (SSSR count). The van der Waals surface area contributed by atoms with Crippen LogP contribution < -0.4 is 0 Å². The number of hydrogen-bond donors (Lipinski definition) is 0. The van der Waals surface area contributed by atoms with Crippen LogP contribution in [-0.2, 0) is 6.42 Å². The molecule has 0 radical (unpaired) electrons. The summed E-state index contributed by atoms with van der Waals surface area (Å²) in [5.41, 5.74) is 1.38. The smallest absolute Gasteiger partial charge is 0.241 e. The van der Waals surface area contributed by atoms with Crippen LogP contribution in [0.2, 0.25) is 0 Å². The lowest BCUT2D eigenvalue weighted by molar-refractivity contribution is -0.134. The fourth-order valence-corrected chi connectivity index (χ4v) is 1.50. The van der Waals surface area contributed by atoms with Crippen LogP contribution in [0, 0.1) is 6.92 Å². The van der Waals surface area contributed by atoms with Gasteiger partial charge in [0.1, 0.15) is 5.82 Å². The molecular formula is C10H12ClF3N2. The molecule has 0 aliphatic carbocycles. The monoisotopic (exact) mass is 252 g/mol. The van der Waals surface area contributed by atoms with E-state index in [-0.39, 0.29) is 17.6 Å². The van der Waals surface area contributed by atoms with Gasteiger partial charge >= 0.3 is 6.18 Å². The zero-order valence-corrected chi connectivity index (χ0v) is 9.73. The molecule has 1 aromatic rings. The van der Waals surface area contributed by atoms with Crippen LogP contribution in [0.3, 0.4) is 0 Å². The minimum absolute atomic E-state index is 0.193. The van der Waals surface area contributed by atoms with Gasteiger partial charge in [0.25, 0.3) is 0 Å². The van der Waals surface area contributed by atoms with Crippen molar-refractivity contribution in [2.45, 2.75) is 38.2 Å². The van der Waals surface area contributed by atoms with Crippen molar-refractivity contribution >= 4 is 11.6 Å². The van der Waals surface area contributed by atoms with Gasteiger partial charge in [-0.1, -0.05) is 0 Å². The molecule has 0 aliphatic heterocycles. The van der Waals surface area contributed by atoms with E-state index in [0.29, 0.717) is 5.69 Å². The summed E-state index contributed by atoms with van der Waals surface area (Å²) >= 11 is 5.85. The molecule has 0 aliphatic rings. The Morgan fingerprint density at radius 3 is 2.50 bits per heavy atom. The van der Waals surface area contributed by atoms with Gasteiger partial charge in [0, 0.05) is 23.9 Å². The molecule has 0 N–H and O–H groups in total. The van der Waals surface area contributed by atoms with Gasteiger partial charge < -0.3 is 0 Å². The van der Waals surface area contributed by atoms with E-state index in [0.717, 1.165) is 5.56 Å². The molecule has 1 aromatic heterocycles. The van der Waals surface area contributed by atoms with Crippen LogP contribution in [0.1, 0.15) is 35.8 Å². The zero-order chi connectivity index (χ0) is 12.3. The molecule has 0 amide bonds. The van der Waals surface area contributed by atoms with Crippen molar-refractivity contribution < 1.29 is 13.2 Å². The van der Waals surface area contributed by atoms with E-state index in [4.69, 9.17) is 11.6 Å². The maximum Gasteiger partial charge on any atom is 0.389 e. The summed E-state index contributed by atoms with van der Waals surface area (Å²) in [5, 5.41) is -0.239. The lowest BCUT2D eigenvalue weighted by Gasteiger charge is -2.09. The Morgan fingerprint density at radius 1 is 1.44 bits per heavy atom. The first-order valence-corrected chi connectivity index (χ1v) is 5.26. The SMILES string of the molecule is Cc1nc(CCC(F)(F)F)ncc1C(C)Cl. The number of rotatable bonds is 3. The molecular weight excluding hydrogens is 241 g/mol. The first kappa shape index (κ1) is 13.2. The number of aromatic nitrogens is 2. The third-order valence-electron chi connectivity index (χ3n) is 2.13. The van der Waals surface area contributed by atoms with Crippen molar-refractivity contribution in [2.75, 3.05) is 0 Å². The van der Waals surface area contributed by atoms with E-state index < -0.39 is 12.6 Å². The molecule has 0 aromatic carbocycles. The second-order valence-electron chi connectivity index (χ2n) is 3.56. The average Bonchev–Trinajstić information content (AvgIpc) is 2.13. The first-order chi connectivity index (χ1) is 7.29. The minimum atomic E-state index is -4.17. The summed E-state index contributed by atoms with van der Waals surface area (Å²) in [4.78, 5) is 7.87. The number of hydrogen-bond acceptors (Lipinski definition) is 2. The van der Waals surface area contributed by atoms with Gasteiger partial charge in [-0.05, 0) is 13.8 Å². The molecule has 1 atom stereocenters. The van der Waals surface area contributed by atoms with Crippen molar-refractivity contribution in [1.29, 1.82) is 0 Å². The highest BCUT2D eigenvalue weighted by Gasteiger charge is 2.27. The van der Waals surface area contributed by atoms with Gasteiger partial charge in [-0.3, -0.25) is 0 Å². The van der Waals surface area contributed by atoms with E-state index in [1.807, 2.05) is 0 Å². The van der Waals surface area contributed by atoms with Crippen LogP contribution in [0.5, 0.6) is 0 Å². The molecule has 16 heavy (non-hydrogen) atoms. The lowest BCUT2D eigenvalue weighted by Crippen LogP contribution is -2.11. The standard InChI is InChI=1S/C10H12ClF3N2/c1-6(11)8-5-15-9(16-7(8)2)3-4-10(12,13)14/h5-6H,3-4H2,1-2H3. The Morgan fingerprint density at radius 2 is 2.06 bits per heavy atom. The van der Waals surface area contributed by atoms with Crippen molar-refractivity contribution in [3.63, 3.8) is 0 Å². The van der Waals surface area contributed by atoms with Crippen molar-refractivity contribution in [3.05, 3.63) is 23.3 Å². The van der Waals surface area contributed by atoms with Crippen LogP contribution in [-0.4, -0.2) is 16.1 Å². The largest absolute Gasteiger partial charge is 0.389 e. The molecule has 0 fully saturated rings. The molecule has 2 nitrogen and oxygen atoms in total. The maximum atomic E-state index is 12.0. The van der Waals surface area contributed by atoms with Crippen LogP contribution >= 0.6 is 11.6 Å². The highest BCUT2D eigenvalue weighted by atomic mass is 35.5. The molecule has 6 heteroatoms. The third-order valence-corrected chi connectivity index (χ3v) is 2.36. The third kappa shape index (κ3) is 3.96. The normalized spacial score (nSPS) is 13.9. The second-order valence-corrected chi connectivity index (χ2v) is 4.21. The van der Waals surface area contributed by atoms with E-state index in [1.165, 1.54) is 6.20 Å². The second kappa shape index (κ2) is 4.99. The highest BCUT2D eigenvalue weighted by molar-refractivity contribution is 6.20. The van der Waals surface area contributed by atoms with E-state index >= 15 is 0 Å². The van der Waals surface area contributed by atoms with Crippen LogP contribution in [0.4, 0.5) is 13.2 Å².